The summed E-state index contributed by atoms with van der Waals surface area (Å²) in [6.45, 7) is 0. The van der Waals surface area contributed by atoms with E-state index in [0.29, 0.717) is 0 Å². The second-order valence-corrected chi connectivity index (χ2v) is 5.66. The van der Waals surface area contributed by atoms with Crippen LogP contribution in [-0.2, 0) is 6.42 Å². The van der Waals surface area contributed by atoms with E-state index in [-0.39, 0.29) is 0 Å². The highest BCUT2D eigenvalue weighted by Gasteiger charge is 2.05. The summed E-state index contributed by atoms with van der Waals surface area (Å²) < 4.78 is 0. The summed E-state index contributed by atoms with van der Waals surface area (Å²) in [6.07, 6.45) is 0.945. The van der Waals surface area contributed by atoms with Gasteiger partial charge >= 0.3 is 0 Å². The van der Waals surface area contributed by atoms with Crippen molar-refractivity contribution in [2.75, 3.05) is 0 Å². The van der Waals surface area contributed by atoms with Crippen molar-refractivity contribution in [2.24, 2.45) is 0 Å². The first-order valence-corrected chi connectivity index (χ1v) is 7.20. The first-order chi connectivity index (χ1) is 8.42. The van der Waals surface area contributed by atoms with Gasteiger partial charge in [0, 0.05) is 22.2 Å². The second-order valence-electron chi connectivity index (χ2n) is 3.77. The first-order valence-electron chi connectivity index (χ1n) is 5.44. The van der Waals surface area contributed by atoms with Crippen molar-refractivity contribution >= 4 is 22.7 Å². The third kappa shape index (κ3) is 2.46. The van der Waals surface area contributed by atoms with Crippen molar-refractivity contribution in [1.29, 1.82) is 0 Å². The minimum atomic E-state index is 0.945. The number of hydrogen-bond acceptors (Lipinski definition) is 3. The average Bonchev–Trinajstić information content (AvgIpc) is 3.02. The Hall–Kier alpha value is -1.45. The largest absolute Gasteiger partial charge is 0.241 e. The molecule has 0 amide bonds. The molecule has 3 rings (SSSR count). The van der Waals surface area contributed by atoms with Crippen LogP contribution in [0, 0.1) is 0 Å². The van der Waals surface area contributed by atoms with Crippen LogP contribution in [0.25, 0.3) is 10.6 Å². The Kier molecular flexibility index (Phi) is 3.03. The fraction of sp³-hybridized carbons (Fsp3) is 0.0714. The molecule has 0 saturated carbocycles. The highest BCUT2D eigenvalue weighted by Crippen LogP contribution is 2.25. The lowest BCUT2D eigenvalue weighted by Crippen LogP contribution is -1.84. The van der Waals surface area contributed by atoms with Crippen molar-refractivity contribution in [2.45, 2.75) is 6.42 Å². The molecule has 1 nitrogen and oxygen atoms in total. The van der Waals surface area contributed by atoms with Crippen molar-refractivity contribution in [1.82, 2.24) is 4.98 Å². The van der Waals surface area contributed by atoms with Crippen molar-refractivity contribution < 1.29 is 0 Å². The normalized spacial score (nSPS) is 10.6. The summed E-state index contributed by atoms with van der Waals surface area (Å²) in [7, 11) is 0. The minimum absolute atomic E-state index is 0.945. The molecule has 2 aromatic heterocycles. The van der Waals surface area contributed by atoms with Crippen LogP contribution in [0.2, 0.25) is 0 Å². The molecule has 0 saturated heterocycles. The van der Waals surface area contributed by atoms with E-state index in [2.05, 4.69) is 52.1 Å². The molecule has 3 heteroatoms. The number of aromatic nitrogens is 1. The fourth-order valence-electron chi connectivity index (χ4n) is 1.69. The zero-order valence-electron chi connectivity index (χ0n) is 9.17. The standard InChI is InChI=1S/C14H11NS2/c1-2-5-11(6-3-1)14-15-12(10-17-14)9-13-7-4-8-16-13/h1-8,10H,9H2. The number of nitrogens with zero attached hydrogens (tertiary/aromatic N) is 1. The van der Waals surface area contributed by atoms with E-state index < -0.39 is 0 Å². The van der Waals surface area contributed by atoms with Gasteiger partial charge in [-0.1, -0.05) is 36.4 Å². The smallest absolute Gasteiger partial charge is 0.123 e. The number of rotatable bonds is 3. The number of benzene rings is 1. The second kappa shape index (κ2) is 4.82. The van der Waals surface area contributed by atoms with Gasteiger partial charge in [-0.3, -0.25) is 0 Å². The summed E-state index contributed by atoms with van der Waals surface area (Å²) in [6, 6.07) is 14.6. The van der Waals surface area contributed by atoms with E-state index >= 15 is 0 Å². The average molecular weight is 257 g/mol. The monoisotopic (exact) mass is 257 g/mol. The van der Waals surface area contributed by atoms with Gasteiger partial charge in [-0.05, 0) is 11.4 Å². The molecule has 0 aliphatic heterocycles. The molecule has 3 aromatic rings. The zero-order chi connectivity index (χ0) is 11.5. The molecule has 0 N–H and O–H groups in total. The lowest BCUT2D eigenvalue weighted by molar-refractivity contribution is 1.14. The Morgan fingerprint density at radius 1 is 0.941 bits per heavy atom. The lowest BCUT2D eigenvalue weighted by Gasteiger charge is -1.94. The van der Waals surface area contributed by atoms with E-state index in [1.165, 1.54) is 10.4 Å². The fourth-order valence-corrected chi connectivity index (χ4v) is 3.24. The molecule has 0 bridgehead atoms. The molecule has 0 fully saturated rings. The van der Waals surface area contributed by atoms with E-state index in [1.807, 2.05) is 6.07 Å². The molecule has 1 aromatic carbocycles. The number of thiophene rings is 1. The number of hydrogen-bond donors (Lipinski definition) is 0. The van der Waals surface area contributed by atoms with E-state index in [4.69, 9.17) is 0 Å². The summed E-state index contributed by atoms with van der Waals surface area (Å²) in [5.41, 5.74) is 2.37. The third-order valence-corrected chi connectivity index (χ3v) is 4.32. The Morgan fingerprint density at radius 3 is 2.59 bits per heavy atom. The van der Waals surface area contributed by atoms with Gasteiger partial charge in [0.05, 0.1) is 5.69 Å². The van der Waals surface area contributed by atoms with Crippen LogP contribution in [-0.4, -0.2) is 4.98 Å². The SMILES string of the molecule is c1ccc(-c2nc(Cc3cccs3)cs2)cc1. The van der Waals surface area contributed by atoms with Crippen LogP contribution in [0.3, 0.4) is 0 Å². The molecule has 0 aliphatic carbocycles. The minimum Gasteiger partial charge on any atom is -0.241 e. The molecule has 0 radical (unpaired) electrons. The van der Waals surface area contributed by atoms with Crippen LogP contribution in [0.1, 0.15) is 10.6 Å². The summed E-state index contributed by atoms with van der Waals surface area (Å²) >= 11 is 3.51. The Balaban J connectivity index is 1.84. The van der Waals surface area contributed by atoms with Gasteiger partial charge in [-0.15, -0.1) is 22.7 Å². The predicted octanol–water partition coefficient (Wildman–Crippen LogP) is 4.46. The number of thiazole rings is 1. The van der Waals surface area contributed by atoms with Gasteiger partial charge in [0.25, 0.3) is 0 Å². The van der Waals surface area contributed by atoms with Crippen molar-refractivity contribution in [3.05, 3.63) is 63.8 Å². The van der Waals surface area contributed by atoms with E-state index in [9.17, 15) is 0 Å². The van der Waals surface area contributed by atoms with Crippen LogP contribution < -0.4 is 0 Å². The predicted molar refractivity (Wildman–Crippen MR) is 74.7 cm³/mol. The maximum atomic E-state index is 4.68. The molecule has 0 aliphatic rings. The van der Waals surface area contributed by atoms with E-state index in [0.717, 1.165) is 17.1 Å². The zero-order valence-corrected chi connectivity index (χ0v) is 10.8. The lowest BCUT2D eigenvalue weighted by atomic mass is 10.2. The molecule has 2 heterocycles. The third-order valence-electron chi connectivity index (χ3n) is 2.51. The van der Waals surface area contributed by atoms with Crippen LogP contribution in [0.5, 0.6) is 0 Å². The first kappa shape index (κ1) is 10.7. The summed E-state index contributed by atoms with van der Waals surface area (Å²) in [5.74, 6) is 0. The summed E-state index contributed by atoms with van der Waals surface area (Å²) in [5, 5.41) is 5.37. The molecular formula is C14H11NS2. The topological polar surface area (TPSA) is 12.9 Å². The van der Waals surface area contributed by atoms with Gasteiger partial charge in [0.1, 0.15) is 5.01 Å². The molecule has 84 valence electrons. The Labute approximate surface area is 108 Å². The molecule has 0 spiro atoms. The van der Waals surface area contributed by atoms with Gasteiger partial charge < -0.3 is 0 Å². The van der Waals surface area contributed by atoms with Gasteiger partial charge in [-0.2, -0.15) is 0 Å². The highest BCUT2D eigenvalue weighted by molar-refractivity contribution is 7.13. The molecule has 0 atom stereocenters. The quantitative estimate of drug-likeness (QED) is 0.675. The van der Waals surface area contributed by atoms with Gasteiger partial charge in [0.2, 0.25) is 0 Å². The van der Waals surface area contributed by atoms with E-state index in [1.54, 1.807) is 22.7 Å². The highest BCUT2D eigenvalue weighted by atomic mass is 32.1. The maximum absolute atomic E-state index is 4.68. The summed E-state index contributed by atoms with van der Waals surface area (Å²) in [4.78, 5) is 6.05. The Bertz CT molecular complexity index is 582. The molecule has 17 heavy (non-hydrogen) atoms. The van der Waals surface area contributed by atoms with Gasteiger partial charge in [-0.25, -0.2) is 4.98 Å². The van der Waals surface area contributed by atoms with Crippen molar-refractivity contribution in [3.63, 3.8) is 0 Å². The maximum Gasteiger partial charge on any atom is 0.123 e. The molecule has 0 unspecified atom stereocenters. The van der Waals surface area contributed by atoms with Gasteiger partial charge in [0.15, 0.2) is 0 Å². The van der Waals surface area contributed by atoms with Crippen LogP contribution >= 0.6 is 22.7 Å². The van der Waals surface area contributed by atoms with Crippen LogP contribution in [0.4, 0.5) is 0 Å². The Morgan fingerprint density at radius 2 is 1.82 bits per heavy atom. The van der Waals surface area contributed by atoms with Crippen LogP contribution in [0.15, 0.2) is 53.2 Å². The van der Waals surface area contributed by atoms with Crippen molar-refractivity contribution in [3.8, 4) is 10.6 Å². The molecular weight excluding hydrogens is 246 g/mol.